The Morgan fingerprint density at radius 3 is 2.71 bits per heavy atom. The first-order chi connectivity index (χ1) is 8.40. The standard InChI is InChI=1S/C16H20Te/c1-2-9-16(14-10-5-3-6-11-14)17-15-12-7-4-8-13-15/h4,7-10,12-13H,2-3,5-6,11H2,1H3/b16-9+. The number of allylic oxidation sites excluding steroid dienone is 4. The summed E-state index contributed by atoms with van der Waals surface area (Å²) in [7, 11) is 0. The minimum atomic E-state index is -0.174. The van der Waals surface area contributed by atoms with E-state index in [9.17, 15) is 0 Å². The molecule has 0 bridgehead atoms. The van der Waals surface area contributed by atoms with Crippen LogP contribution in [-0.4, -0.2) is 20.9 Å². The Bertz CT molecular complexity index is 401. The van der Waals surface area contributed by atoms with Crippen molar-refractivity contribution in [1.29, 1.82) is 0 Å². The molecule has 0 atom stereocenters. The molecule has 0 spiro atoms. The predicted octanol–water partition coefficient (Wildman–Crippen LogP) is 3.81. The zero-order valence-corrected chi connectivity index (χ0v) is 12.8. The van der Waals surface area contributed by atoms with Gasteiger partial charge in [0.2, 0.25) is 0 Å². The van der Waals surface area contributed by atoms with Crippen molar-refractivity contribution in [3.63, 3.8) is 0 Å². The second kappa shape index (κ2) is 7.04. The zero-order valence-electron chi connectivity index (χ0n) is 10.5. The molecule has 1 aromatic carbocycles. The molecule has 90 valence electrons. The minimum absolute atomic E-state index is 0.174. The first-order valence-electron chi connectivity index (χ1n) is 6.52. The van der Waals surface area contributed by atoms with E-state index in [1.807, 2.05) is 0 Å². The summed E-state index contributed by atoms with van der Waals surface area (Å²) in [5, 5.41) is 0. The Kier molecular flexibility index (Phi) is 5.36. The molecule has 0 saturated heterocycles. The number of benzene rings is 1. The van der Waals surface area contributed by atoms with Crippen molar-refractivity contribution in [3.05, 3.63) is 51.7 Å². The van der Waals surface area contributed by atoms with Crippen LogP contribution in [0.2, 0.25) is 0 Å². The van der Waals surface area contributed by atoms with Crippen LogP contribution in [0.4, 0.5) is 0 Å². The maximum atomic E-state index is 2.48. The third-order valence-corrected chi connectivity index (χ3v) is 6.27. The van der Waals surface area contributed by atoms with Crippen molar-refractivity contribution in [2.45, 2.75) is 39.0 Å². The van der Waals surface area contributed by atoms with Crippen LogP contribution in [0.1, 0.15) is 39.0 Å². The molecule has 0 unspecified atom stereocenters. The molecule has 17 heavy (non-hydrogen) atoms. The van der Waals surface area contributed by atoms with Gasteiger partial charge in [-0.2, -0.15) is 0 Å². The summed E-state index contributed by atoms with van der Waals surface area (Å²) < 4.78 is 3.24. The van der Waals surface area contributed by atoms with Crippen LogP contribution in [0.25, 0.3) is 0 Å². The van der Waals surface area contributed by atoms with Crippen molar-refractivity contribution in [1.82, 2.24) is 0 Å². The second-order valence-electron chi connectivity index (χ2n) is 4.37. The van der Waals surface area contributed by atoms with E-state index < -0.39 is 0 Å². The monoisotopic (exact) mass is 342 g/mol. The van der Waals surface area contributed by atoms with Crippen molar-refractivity contribution in [3.8, 4) is 0 Å². The Labute approximate surface area is 115 Å². The molecule has 0 aromatic heterocycles. The molecular weight excluding hydrogens is 320 g/mol. The topological polar surface area (TPSA) is 0 Å². The van der Waals surface area contributed by atoms with Crippen LogP contribution in [0.5, 0.6) is 0 Å². The van der Waals surface area contributed by atoms with Crippen molar-refractivity contribution >= 4 is 24.5 Å². The van der Waals surface area contributed by atoms with Crippen LogP contribution in [-0.2, 0) is 0 Å². The number of hydrogen-bond donors (Lipinski definition) is 0. The van der Waals surface area contributed by atoms with Crippen LogP contribution in [0.3, 0.4) is 0 Å². The van der Waals surface area contributed by atoms with E-state index in [1.165, 1.54) is 32.1 Å². The van der Waals surface area contributed by atoms with Gasteiger partial charge >= 0.3 is 115 Å². The van der Waals surface area contributed by atoms with E-state index in [-0.39, 0.29) is 20.9 Å². The average molecular weight is 340 g/mol. The van der Waals surface area contributed by atoms with E-state index in [4.69, 9.17) is 0 Å². The van der Waals surface area contributed by atoms with Gasteiger partial charge in [0.05, 0.1) is 0 Å². The van der Waals surface area contributed by atoms with Gasteiger partial charge < -0.3 is 0 Å². The molecule has 0 fully saturated rings. The van der Waals surface area contributed by atoms with Gasteiger partial charge in [-0.3, -0.25) is 0 Å². The fraction of sp³-hybridized carbons (Fsp3) is 0.375. The third-order valence-electron chi connectivity index (χ3n) is 2.97. The predicted molar refractivity (Wildman–Crippen MR) is 76.8 cm³/mol. The zero-order chi connectivity index (χ0) is 11.9. The van der Waals surface area contributed by atoms with Gasteiger partial charge in [0.15, 0.2) is 0 Å². The molecule has 0 saturated carbocycles. The Hall–Kier alpha value is -0.510. The van der Waals surface area contributed by atoms with E-state index >= 15 is 0 Å². The van der Waals surface area contributed by atoms with Gasteiger partial charge in [-0.1, -0.05) is 0 Å². The van der Waals surface area contributed by atoms with Gasteiger partial charge in [-0.05, 0) is 0 Å². The summed E-state index contributed by atoms with van der Waals surface area (Å²) >= 11 is -0.174. The Morgan fingerprint density at radius 2 is 2.06 bits per heavy atom. The Balaban J connectivity index is 2.13. The summed E-state index contributed by atoms with van der Waals surface area (Å²) in [4.78, 5) is 0. The van der Waals surface area contributed by atoms with Crippen molar-refractivity contribution in [2.24, 2.45) is 0 Å². The van der Waals surface area contributed by atoms with Crippen LogP contribution >= 0.6 is 0 Å². The van der Waals surface area contributed by atoms with Gasteiger partial charge in [0.25, 0.3) is 0 Å². The first kappa shape index (κ1) is 12.9. The number of hydrogen-bond acceptors (Lipinski definition) is 0. The molecule has 0 nitrogen and oxygen atoms in total. The summed E-state index contributed by atoms with van der Waals surface area (Å²) in [6, 6.07) is 11.0. The van der Waals surface area contributed by atoms with Crippen molar-refractivity contribution < 1.29 is 0 Å². The first-order valence-corrected chi connectivity index (χ1v) is 8.85. The molecule has 1 aromatic rings. The summed E-state index contributed by atoms with van der Waals surface area (Å²) in [6.07, 6.45) is 11.5. The van der Waals surface area contributed by atoms with Crippen LogP contribution < -0.4 is 3.61 Å². The van der Waals surface area contributed by atoms with E-state index in [0.29, 0.717) is 0 Å². The molecule has 0 amide bonds. The summed E-state index contributed by atoms with van der Waals surface area (Å²) in [5.41, 5.74) is 1.66. The van der Waals surface area contributed by atoms with E-state index in [2.05, 4.69) is 49.4 Å². The molecule has 0 heterocycles. The summed E-state index contributed by atoms with van der Waals surface area (Å²) in [5.74, 6) is 0. The normalized spacial score (nSPS) is 16.8. The van der Waals surface area contributed by atoms with E-state index in [1.54, 1.807) is 12.8 Å². The average Bonchev–Trinajstić information content (AvgIpc) is 2.40. The molecule has 1 heteroatoms. The Morgan fingerprint density at radius 1 is 1.24 bits per heavy atom. The van der Waals surface area contributed by atoms with Crippen LogP contribution in [0.15, 0.2) is 51.7 Å². The molecular formula is C16H20Te. The fourth-order valence-corrected chi connectivity index (χ4v) is 5.28. The molecule has 0 radical (unpaired) electrons. The molecule has 1 aliphatic carbocycles. The van der Waals surface area contributed by atoms with Gasteiger partial charge in [-0.15, -0.1) is 0 Å². The van der Waals surface area contributed by atoms with Gasteiger partial charge in [-0.25, -0.2) is 0 Å². The molecule has 0 aliphatic heterocycles. The second-order valence-corrected chi connectivity index (χ2v) is 7.55. The van der Waals surface area contributed by atoms with Gasteiger partial charge in [0, 0.05) is 0 Å². The fourth-order valence-electron chi connectivity index (χ4n) is 2.10. The maximum absolute atomic E-state index is 2.48. The molecule has 0 N–H and O–H groups in total. The quantitative estimate of drug-likeness (QED) is 0.732. The van der Waals surface area contributed by atoms with Gasteiger partial charge in [0.1, 0.15) is 0 Å². The summed E-state index contributed by atoms with van der Waals surface area (Å²) in [6.45, 7) is 2.25. The molecule has 1 aliphatic rings. The third kappa shape index (κ3) is 4.02. The van der Waals surface area contributed by atoms with E-state index in [0.717, 1.165) is 0 Å². The number of rotatable bonds is 4. The van der Waals surface area contributed by atoms with Crippen molar-refractivity contribution in [2.75, 3.05) is 0 Å². The van der Waals surface area contributed by atoms with Crippen LogP contribution in [0, 0.1) is 0 Å². The SMILES string of the molecule is CC/C=C(/[Te]c1ccccc1)C1=CCCCC1. The molecule has 2 rings (SSSR count).